The molecule has 1 aromatic rings. The van der Waals surface area contributed by atoms with Crippen LogP contribution in [0.2, 0.25) is 0 Å². The number of benzene rings is 1. The van der Waals surface area contributed by atoms with Gasteiger partial charge in [0, 0.05) is 6.04 Å². The molecule has 0 aliphatic heterocycles. The second-order valence-corrected chi connectivity index (χ2v) is 5.01. The quantitative estimate of drug-likeness (QED) is 0.452. The summed E-state index contributed by atoms with van der Waals surface area (Å²) >= 11 is 0. The van der Waals surface area contributed by atoms with Gasteiger partial charge in [-0.15, -0.1) is 0 Å². The first-order valence-corrected chi connectivity index (χ1v) is 7.15. The van der Waals surface area contributed by atoms with E-state index in [0.29, 0.717) is 5.75 Å². The summed E-state index contributed by atoms with van der Waals surface area (Å²) in [6, 6.07) is 9.56. The Hall–Kier alpha value is -2.24. The molecule has 1 aromatic carbocycles. The van der Waals surface area contributed by atoms with Crippen LogP contribution in [-0.2, 0) is 9.63 Å². The Morgan fingerprint density at radius 2 is 1.95 bits per heavy atom. The van der Waals surface area contributed by atoms with Crippen molar-refractivity contribution in [2.45, 2.75) is 31.7 Å². The van der Waals surface area contributed by atoms with E-state index in [1.807, 2.05) is 30.3 Å². The number of carbonyl (C=O) groups is 1. The molecule has 0 spiro atoms. The summed E-state index contributed by atoms with van der Waals surface area (Å²) in [4.78, 5) is 16.5. The number of hydrogen-bond donors (Lipinski definition) is 2. The minimum atomic E-state index is -0.164. The first kappa shape index (κ1) is 15.2. The summed E-state index contributed by atoms with van der Waals surface area (Å²) in [5, 5.41) is 6.57. The Morgan fingerprint density at radius 3 is 2.67 bits per heavy atom. The minimum absolute atomic E-state index is 0.119. The number of ether oxygens (including phenoxy) is 1. The SMILES string of the molecule is N/C(COc1ccccc1)=N\OCC(=O)NC1CCCC1. The zero-order valence-corrected chi connectivity index (χ0v) is 12.0. The van der Waals surface area contributed by atoms with Gasteiger partial charge in [0.25, 0.3) is 5.91 Å². The molecule has 1 aliphatic rings. The molecular formula is C15H21N3O3. The van der Waals surface area contributed by atoms with Gasteiger partial charge in [0.05, 0.1) is 0 Å². The molecule has 6 heteroatoms. The molecule has 3 N–H and O–H groups in total. The highest BCUT2D eigenvalue weighted by atomic mass is 16.6. The molecule has 0 bridgehead atoms. The number of amides is 1. The number of para-hydroxylation sites is 1. The maximum absolute atomic E-state index is 11.6. The maximum atomic E-state index is 11.6. The summed E-state index contributed by atoms with van der Waals surface area (Å²) in [6.07, 6.45) is 4.44. The van der Waals surface area contributed by atoms with Gasteiger partial charge in [0.1, 0.15) is 12.4 Å². The van der Waals surface area contributed by atoms with Gasteiger partial charge in [-0.25, -0.2) is 0 Å². The molecule has 6 nitrogen and oxygen atoms in total. The van der Waals surface area contributed by atoms with E-state index in [0.717, 1.165) is 12.8 Å². The molecule has 0 saturated heterocycles. The smallest absolute Gasteiger partial charge is 0.260 e. The number of nitrogens with two attached hydrogens (primary N) is 1. The maximum Gasteiger partial charge on any atom is 0.260 e. The number of carbonyl (C=O) groups excluding carboxylic acids is 1. The van der Waals surface area contributed by atoms with E-state index in [1.54, 1.807) is 0 Å². The molecule has 2 rings (SSSR count). The van der Waals surface area contributed by atoms with Crippen molar-refractivity contribution in [1.29, 1.82) is 0 Å². The van der Waals surface area contributed by atoms with Gasteiger partial charge >= 0.3 is 0 Å². The Bertz CT molecular complexity index is 470. The third-order valence-electron chi connectivity index (χ3n) is 3.23. The van der Waals surface area contributed by atoms with Crippen molar-refractivity contribution in [2.24, 2.45) is 10.9 Å². The number of oxime groups is 1. The van der Waals surface area contributed by atoms with Crippen LogP contribution < -0.4 is 15.8 Å². The monoisotopic (exact) mass is 291 g/mol. The predicted molar refractivity (Wildman–Crippen MR) is 79.9 cm³/mol. The molecule has 1 saturated carbocycles. The summed E-state index contributed by atoms with van der Waals surface area (Å²) in [7, 11) is 0. The highest BCUT2D eigenvalue weighted by molar-refractivity contribution is 5.81. The minimum Gasteiger partial charge on any atom is -0.486 e. The summed E-state index contributed by atoms with van der Waals surface area (Å²) in [5.41, 5.74) is 5.64. The Morgan fingerprint density at radius 1 is 1.24 bits per heavy atom. The summed E-state index contributed by atoms with van der Waals surface area (Å²) in [6.45, 7) is -0.00318. The summed E-state index contributed by atoms with van der Waals surface area (Å²) < 4.78 is 5.40. The lowest BCUT2D eigenvalue weighted by molar-refractivity contribution is -0.126. The van der Waals surface area contributed by atoms with E-state index < -0.39 is 0 Å². The average molecular weight is 291 g/mol. The van der Waals surface area contributed by atoms with Gasteiger partial charge in [-0.1, -0.05) is 36.2 Å². The van der Waals surface area contributed by atoms with E-state index in [2.05, 4.69) is 10.5 Å². The van der Waals surface area contributed by atoms with Crippen LogP contribution in [0.5, 0.6) is 5.75 Å². The lowest BCUT2D eigenvalue weighted by Gasteiger charge is -2.11. The van der Waals surface area contributed by atoms with Crippen LogP contribution in [0.4, 0.5) is 0 Å². The molecule has 1 amide bonds. The zero-order valence-electron chi connectivity index (χ0n) is 12.0. The van der Waals surface area contributed by atoms with E-state index in [1.165, 1.54) is 12.8 Å². The average Bonchev–Trinajstić information content (AvgIpc) is 2.99. The molecule has 114 valence electrons. The van der Waals surface area contributed by atoms with Gasteiger partial charge in [-0.05, 0) is 25.0 Å². The molecule has 0 atom stereocenters. The Balaban J connectivity index is 1.62. The summed E-state index contributed by atoms with van der Waals surface area (Å²) in [5.74, 6) is 0.726. The molecule has 0 aromatic heterocycles. The number of amidine groups is 1. The topological polar surface area (TPSA) is 85.9 Å². The van der Waals surface area contributed by atoms with Crippen molar-refractivity contribution in [3.8, 4) is 5.75 Å². The zero-order chi connectivity index (χ0) is 14.9. The van der Waals surface area contributed by atoms with Crippen LogP contribution in [0.15, 0.2) is 35.5 Å². The van der Waals surface area contributed by atoms with Gasteiger partial charge in [0.2, 0.25) is 0 Å². The van der Waals surface area contributed by atoms with Gasteiger partial charge < -0.3 is 20.6 Å². The van der Waals surface area contributed by atoms with Crippen LogP contribution in [0.1, 0.15) is 25.7 Å². The van der Waals surface area contributed by atoms with E-state index in [-0.39, 0.29) is 31.0 Å². The molecule has 21 heavy (non-hydrogen) atoms. The van der Waals surface area contributed by atoms with Crippen molar-refractivity contribution in [3.63, 3.8) is 0 Å². The largest absolute Gasteiger partial charge is 0.486 e. The number of rotatable bonds is 7. The van der Waals surface area contributed by atoms with Gasteiger partial charge in [0.15, 0.2) is 12.4 Å². The fourth-order valence-electron chi connectivity index (χ4n) is 2.21. The molecule has 1 aliphatic carbocycles. The third-order valence-corrected chi connectivity index (χ3v) is 3.23. The number of nitrogens with zero attached hydrogens (tertiary/aromatic N) is 1. The van der Waals surface area contributed by atoms with Crippen LogP contribution in [0, 0.1) is 0 Å². The highest BCUT2D eigenvalue weighted by Crippen LogP contribution is 2.17. The standard InChI is InChI=1S/C15H21N3O3/c16-14(10-20-13-8-2-1-3-9-13)18-21-11-15(19)17-12-6-4-5-7-12/h1-3,8-9,12H,4-7,10-11H2,(H2,16,18)(H,17,19). The van der Waals surface area contributed by atoms with Crippen LogP contribution >= 0.6 is 0 Å². The molecule has 0 radical (unpaired) electrons. The first-order valence-electron chi connectivity index (χ1n) is 7.15. The lowest BCUT2D eigenvalue weighted by atomic mass is 10.2. The van der Waals surface area contributed by atoms with Crippen molar-refractivity contribution in [2.75, 3.05) is 13.2 Å². The van der Waals surface area contributed by atoms with E-state index in [4.69, 9.17) is 15.3 Å². The fraction of sp³-hybridized carbons (Fsp3) is 0.467. The van der Waals surface area contributed by atoms with Crippen LogP contribution in [-0.4, -0.2) is 31.0 Å². The fourth-order valence-corrected chi connectivity index (χ4v) is 2.21. The first-order chi connectivity index (χ1) is 10.2. The van der Waals surface area contributed by atoms with Crippen molar-refractivity contribution < 1.29 is 14.4 Å². The molecular weight excluding hydrogens is 270 g/mol. The normalized spacial score (nSPS) is 15.7. The number of nitrogens with one attached hydrogen (secondary N) is 1. The molecule has 0 unspecified atom stereocenters. The van der Waals surface area contributed by atoms with Crippen molar-refractivity contribution in [3.05, 3.63) is 30.3 Å². The number of hydrogen-bond acceptors (Lipinski definition) is 4. The van der Waals surface area contributed by atoms with E-state index in [9.17, 15) is 4.79 Å². The second-order valence-electron chi connectivity index (χ2n) is 5.01. The highest BCUT2D eigenvalue weighted by Gasteiger charge is 2.17. The van der Waals surface area contributed by atoms with Crippen LogP contribution in [0.3, 0.4) is 0 Å². The van der Waals surface area contributed by atoms with E-state index >= 15 is 0 Å². The van der Waals surface area contributed by atoms with Gasteiger partial charge in [-0.2, -0.15) is 0 Å². The van der Waals surface area contributed by atoms with Crippen molar-refractivity contribution >= 4 is 11.7 Å². The third kappa shape index (κ3) is 5.72. The van der Waals surface area contributed by atoms with Crippen molar-refractivity contribution in [1.82, 2.24) is 5.32 Å². The lowest BCUT2D eigenvalue weighted by Crippen LogP contribution is -2.35. The van der Waals surface area contributed by atoms with Gasteiger partial charge in [-0.3, -0.25) is 4.79 Å². The Labute approximate surface area is 124 Å². The molecule has 0 heterocycles. The molecule has 1 fully saturated rings. The second kappa shape index (κ2) is 8.14. The Kier molecular flexibility index (Phi) is 5.87. The van der Waals surface area contributed by atoms with Crippen LogP contribution in [0.25, 0.3) is 0 Å². The predicted octanol–water partition coefficient (Wildman–Crippen LogP) is 1.41.